The molecule has 1 aliphatic rings. The number of nitrogens with one attached hydrogen (secondary N) is 1. The van der Waals surface area contributed by atoms with Crippen LogP contribution in [-0.2, 0) is 13.5 Å². The summed E-state index contributed by atoms with van der Waals surface area (Å²) in [6.45, 7) is 0.701. The largest absolute Gasteiger partial charge is 0.334 e. The maximum atomic E-state index is 13.1. The average Bonchev–Trinajstić information content (AvgIpc) is 3.26. The van der Waals surface area contributed by atoms with Crippen LogP contribution < -0.4 is 5.56 Å². The lowest BCUT2D eigenvalue weighted by Crippen LogP contribution is -2.36. The molecule has 0 unspecified atom stereocenters. The van der Waals surface area contributed by atoms with E-state index in [1.54, 1.807) is 13.2 Å². The van der Waals surface area contributed by atoms with E-state index in [4.69, 9.17) is 0 Å². The molecule has 0 saturated carbocycles. The summed E-state index contributed by atoms with van der Waals surface area (Å²) in [6, 6.07) is 6.03. The predicted octanol–water partition coefficient (Wildman–Crippen LogP) is 1.29. The van der Waals surface area contributed by atoms with E-state index in [1.807, 2.05) is 23.1 Å². The van der Waals surface area contributed by atoms with E-state index in [0.717, 1.165) is 31.4 Å². The minimum atomic E-state index is -0.294. The van der Waals surface area contributed by atoms with Gasteiger partial charge in [0.15, 0.2) is 11.2 Å². The predicted molar refractivity (Wildman–Crippen MR) is 95.7 cm³/mol. The quantitative estimate of drug-likeness (QED) is 0.763. The van der Waals surface area contributed by atoms with E-state index in [-0.39, 0.29) is 23.2 Å². The zero-order valence-electron chi connectivity index (χ0n) is 14.6. The number of fused-ring (bicyclic) bond motifs is 1. The lowest BCUT2D eigenvalue weighted by atomic mass is 10.1. The van der Waals surface area contributed by atoms with Gasteiger partial charge in [0.05, 0.1) is 6.33 Å². The monoisotopic (exact) mass is 352 g/mol. The molecule has 8 heteroatoms. The number of aromatic amines is 1. The Morgan fingerprint density at radius 2 is 2.23 bits per heavy atom. The highest BCUT2D eigenvalue weighted by Crippen LogP contribution is 2.25. The molecule has 3 aromatic rings. The molecule has 0 radical (unpaired) electrons. The molecule has 1 fully saturated rings. The Balaban J connectivity index is 1.57. The van der Waals surface area contributed by atoms with Gasteiger partial charge in [0, 0.05) is 31.5 Å². The maximum Gasteiger partial charge on any atom is 0.276 e. The van der Waals surface area contributed by atoms with Crippen molar-refractivity contribution >= 4 is 16.9 Å². The first-order chi connectivity index (χ1) is 12.6. The molecule has 134 valence electrons. The Morgan fingerprint density at radius 1 is 1.35 bits per heavy atom. The summed E-state index contributed by atoms with van der Waals surface area (Å²) in [5.74, 6) is -0.155. The van der Waals surface area contributed by atoms with Crippen LogP contribution in [0.2, 0.25) is 0 Å². The van der Waals surface area contributed by atoms with E-state index in [9.17, 15) is 9.59 Å². The lowest BCUT2D eigenvalue weighted by molar-refractivity contribution is 0.0725. The zero-order chi connectivity index (χ0) is 18.1. The van der Waals surface area contributed by atoms with Crippen LogP contribution in [0.25, 0.3) is 11.0 Å². The van der Waals surface area contributed by atoms with Crippen LogP contribution in [0.4, 0.5) is 0 Å². The third-order valence-corrected chi connectivity index (χ3v) is 4.93. The zero-order valence-corrected chi connectivity index (χ0v) is 14.6. The molecule has 8 nitrogen and oxygen atoms in total. The molecule has 3 aromatic heterocycles. The summed E-state index contributed by atoms with van der Waals surface area (Å²) in [4.78, 5) is 38.0. The summed E-state index contributed by atoms with van der Waals surface area (Å²) < 4.78 is 1.42. The summed E-state index contributed by atoms with van der Waals surface area (Å²) in [5, 5.41) is 4.28. The molecule has 0 bridgehead atoms. The van der Waals surface area contributed by atoms with Crippen molar-refractivity contribution in [3.05, 3.63) is 52.5 Å². The Hall–Kier alpha value is -3.03. The molecule has 1 aliphatic heterocycles. The standard InChI is InChI=1S/C18H20N6O2/c1-23-16-14(20-11-21-17(16)25)15(22-23)18(26)24-10-4-6-13(24)8-7-12-5-2-3-9-19-12/h2-3,5,9,11,13H,4,6-8,10H2,1H3,(H,20,21,25)/t13-/m1/s1. The molecule has 4 rings (SSSR count). The normalized spacial score (nSPS) is 17.1. The fourth-order valence-corrected chi connectivity index (χ4v) is 3.66. The van der Waals surface area contributed by atoms with Gasteiger partial charge in [0.1, 0.15) is 5.52 Å². The number of likely N-dealkylation sites (tertiary alicyclic amines) is 1. The lowest BCUT2D eigenvalue weighted by Gasteiger charge is -2.23. The first-order valence-electron chi connectivity index (χ1n) is 8.76. The molecule has 1 N–H and O–H groups in total. The summed E-state index contributed by atoms with van der Waals surface area (Å²) in [5.41, 5.74) is 1.66. The second-order valence-corrected chi connectivity index (χ2v) is 6.56. The number of aryl methyl sites for hydroxylation is 2. The summed E-state index contributed by atoms with van der Waals surface area (Å²) >= 11 is 0. The van der Waals surface area contributed by atoms with Crippen molar-refractivity contribution in [1.29, 1.82) is 0 Å². The fraction of sp³-hybridized carbons (Fsp3) is 0.389. The van der Waals surface area contributed by atoms with E-state index >= 15 is 0 Å². The van der Waals surface area contributed by atoms with Gasteiger partial charge in [0.25, 0.3) is 11.5 Å². The van der Waals surface area contributed by atoms with Gasteiger partial charge in [0.2, 0.25) is 0 Å². The molecule has 0 aromatic carbocycles. The van der Waals surface area contributed by atoms with Crippen molar-refractivity contribution in [3.8, 4) is 0 Å². The molecule has 0 spiro atoms. The molecule has 0 aliphatic carbocycles. The highest BCUT2D eigenvalue weighted by atomic mass is 16.2. The van der Waals surface area contributed by atoms with Gasteiger partial charge >= 0.3 is 0 Å². The Morgan fingerprint density at radius 3 is 3.04 bits per heavy atom. The molecule has 4 heterocycles. The SMILES string of the molecule is Cn1nc(C(=O)N2CCC[C@@H]2CCc2ccccn2)c2nc[nH]c(=O)c21. The molecule has 1 saturated heterocycles. The topological polar surface area (TPSA) is 96.8 Å². The second-order valence-electron chi connectivity index (χ2n) is 6.56. The Bertz CT molecular complexity index is 994. The van der Waals surface area contributed by atoms with Crippen LogP contribution in [0.1, 0.15) is 35.4 Å². The first kappa shape index (κ1) is 16.4. The number of carbonyl (C=O) groups excluding carboxylic acids is 1. The van der Waals surface area contributed by atoms with Gasteiger partial charge < -0.3 is 9.88 Å². The van der Waals surface area contributed by atoms with Crippen molar-refractivity contribution in [2.24, 2.45) is 7.05 Å². The van der Waals surface area contributed by atoms with Crippen LogP contribution >= 0.6 is 0 Å². The number of hydrogen-bond acceptors (Lipinski definition) is 5. The highest BCUT2D eigenvalue weighted by Gasteiger charge is 2.32. The minimum absolute atomic E-state index is 0.155. The van der Waals surface area contributed by atoms with Crippen molar-refractivity contribution < 1.29 is 4.79 Å². The van der Waals surface area contributed by atoms with Crippen LogP contribution in [0, 0.1) is 0 Å². The van der Waals surface area contributed by atoms with Crippen molar-refractivity contribution in [3.63, 3.8) is 0 Å². The average molecular weight is 352 g/mol. The van der Waals surface area contributed by atoms with Gasteiger partial charge in [-0.25, -0.2) is 4.98 Å². The second kappa shape index (κ2) is 6.70. The summed E-state index contributed by atoms with van der Waals surface area (Å²) in [7, 11) is 1.65. The van der Waals surface area contributed by atoms with Gasteiger partial charge in [-0.2, -0.15) is 5.10 Å². The van der Waals surface area contributed by atoms with Gasteiger partial charge in [-0.05, 0) is 37.8 Å². The number of hydrogen-bond donors (Lipinski definition) is 1. The van der Waals surface area contributed by atoms with Crippen LogP contribution in [-0.4, -0.2) is 48.1 Å². The summed E-state index contributed by atoms with van der Waals surface area (Å²) in [6.07, 6.45) is 6.73. The van der Waals surface area contributed by atoms with Gasteiger partial charge in [-0.15, -0.1) is 0 Å². The van der Waals surface area contributed by atoms with Crippen LogP contribution in [0.5, 0.6) is 0 Å². The van der Waals surface area contributed by atoms with E-state index in [0.29, 0.717) is 17.6 Å². The Labute approximate surface area is 149 Å². The molecule has 1 atom stereocenters. The molecule has 1 amide bonds. The fourth-order valence-electron chi connectivity index (χ4n) is 3.66. The van der Waals surface area contributed by atoms with Crippen LogP contribution in [0.3, 0.4) is 0 Å². The number of H-pyrrole nitrogens is 1. The van der Waals surface area contributed by atoms with E-state index in [2.05, 4.69) is 20.1 Å². The number of aromatic nitrogens is 5. The third-order valence-electron chi connectivity index (χ3n) is 4.93. The van der Waals surface area contributed by atoms with Gasteiger partial charge in [-0.1, -0.05) is 6.07 Å². The van der Waals surface area contributed by atoms with Crippen molar-refractivity contribution in [1.82, 2.24) is 29.6 Å². The number of nitrogens with zero attached hydrogens (tertiary/aromatic N) is 5. The molecular weight excluding hydrogens is 332 g/mol. The smallest absolute Gasteiger partial charge is 0.276 e. The number of amides is 1. The molecule has 26 heavy (non-hydrogen) atoms. The Kier molecular flexibility index (Phi) is 4.24. The minimum Gasteiger partial charge on any atom is -0.334 e. The maximum absolute atomic E-state index is 13.1. The van der Waals surface area contributed by atoms with Crippen LogP contribution in [0.15, 0.2) is 35.5 Å². The highest BCUT2D eigenvalue weighted by molar-refractivity contribution is 6.03. The third kappa shape index (κ3) is 2.87. The van der Waals surface area contributed by atoms with E-state index in [1.165, 1.54) is 11.0 Å². The molecular formula is C18H20N6O2. The van der Waals surface area contributed by atoms with E-state index < -0.39 is 0 Å². The first-order valence-corrected chi connectivity index (χ1v) is 8.76. The van der Waals surface area contributed by atoms with Gasteiger partial charge in [-0.3, -0.25) is 19.3 Å². The van der Waals surface area contributed by atoms with Crippen molar-refractivity contribution in [2.75, 3.05) is 6.54 Å². The van der Waals surface area contributed by atoms with Crippen molar-refractivity contribution in [2.45, 2.75) is 31.7 Å². The number of carbonyl (C=O) groups is 1. The number of pyridine rings is 1. The number of rotatable bonds is 4.